The maximum Gasteiger partial charge on any atom is 0.223 e. The Kier molecular flexibility index (Phi) is 3.26. The highest BCUT2D eigenvalue weighted by molar-refractivity contribution is 5.82. The molecule has 3 unspecified atom stereocenters. The molecule has 0 aliphatic heterocycles. The molecule has 0 heterocycles. The first-order chi connectivity index (χ1) is 7.24. The first kappa shape index (κ1) is 10.9. The van der Waals surface area contributed by atoms with Crippen LogP contribution in [0.5, 0.6) is 0 Å². The van der Waals surface area contributed by atoms with Crippen LogP contribution in [0.3, 0.4) is 0 Å². The van der Waals surface area contributed by atoms with Crippen molar-refractivity contribution in [2.24, 2.45) is 17.8 Å². The molecule has 0 saturated heterocycles. The van der Waals surface area contributed by atoms with Gasteiger partial charge in [0.15, 0.2) is 0 Å². The molecule has 86 valence electrons. The zero-order chi connectivity index (χ0) is 10.8. The first-order valence-corrected chi connectivity index (χ1v) is 5.80. The van der Waals surface area contributed by atoms with Crippen molar-refractivity contribution >= 4 is 5.91 Å². The number of carbonyl (C=O) groups is 1. The molecule has 1 amide bonds. The van der Waals surface area contributed by atoms with E-state index in [2.05, 4.69) is 5.32 Å². The molecule has 3 N–H and O–H groups in total. The molecule has 2 fully saturated rings. The van der Waals surface area contributed by atoms with Crippen molar-refractivity contribution in [2.45, 2.75) is 31.8 Å². The molecule has 0 bridgehead atoms. The van der Waals surface area contributed by atoms with Crippen LogP contribution < -0.4 is 5.32 Å². The predicted molar refractivity (Wildman–Crippen MR) is 55.0 cm³/mol. The number of aliphatic hydroxyl groups excluding tert-OH is 2. The average Bonchev–Trinajstić information content (AvgIpc) is 2.99. The zero-order valence-electron chi connectivity index (χ0n) is 8.85. The molecule has 0 aromatic rings. The van der Waals surface area contributed by atoms with Gasteiger partial charge in [0.25, 0.3) is 0 Å². The summed E-state index contributed by atoms with van der Waals surface area (Å²) in [5.74, 6) is 1.47. The fraction of sp³-hybridized carbons (Fsp3) is 0.909. The van der Waals surface area contributed by atoms with Crippen LogP contribution in [-0.4, -0.2) is 35.4 Å². The lowest BCUT2D eigenvalue weighted by molar-refractivity contribution is -0.123. The Hall–Kier alpha value is -0.610. The Morgan fingerprint density at radius 1 is 1.33 bits per heavy atom. The summed E-state index contributed by atoms with van der Waals surface area (Å²) < 4.78 is 0. The van der Waals surface area contributed by atoms with Gasteiger partial charge in [-0.1, -0.05) is 12.8 Å². The van der Waals surface area contributed by atoms with Gasteiger partial charge in [-0.3, -0.25) is 4.79 Å². The van der Waals surface area contributed by atoms with Crippen molar-refractivity contribution in [1.82, 2.24) is 5.32 Å². The number of amides is 1. The summed E-state index contributed by atoms with van der Waals surface area (Å²) in [6.07, 6.45) is 4.06. The Morgan fingerprint density at radius 3 is 2.47 bits per heavy atom. The Bertz CT molecular complexity index is 232. The van der Waals surface area contributed by atoms with Gasteiger partial charge < -0.3 is 15.5 Å². The minimum atomic E-state index is -0.824. The molecule has 2 saturated carbocycles. The molecule has 2 aliphatic rings. The fourth-order valence-corrected chi connectivity index (χ4v) is 2.78. The van der Waals surface area contributed by atoms with E-state index in [1.54, 1.807) is 0 Å². The highest BCUT2D eigenvalue weighted by Crippen LogP contribution is 2.55. The maximum atomic E-state index is 11.7. The average molecular weight is 213 g/mol. The molecule has 4 nitrogen and oxygen atoms in total. The van der Waals surface area contributed by atoms with Gasteiger partial charge in [-0.15, -0.1) is 0 Å². The summed E-state index contributed by atoms with van der Waals surface area (Å²) >= 11 is 0. The summed E-state index contributed by atoms with van der Waals surface area (Å²) in [5.41, 5.74) is 0. The van der Waals surface area contributed by atoms with Gasteiger partial charge in [0.05, 0.1) is 12.7 Å². The molecule has 0 aromatic carbocycles. The topological polar surface area (TPSA) is 69.6 Å². The molecular weight excluding hydrogens is 194 g/mol. The van der Waals surface area contributed by atoms with Crippen LogP contribution in [0.4, 0.5) is 0 Å². The van der Waals surface area contributed by atoms with E-state index in [4.69, 9.17) is 10.2 Å². The van der Waals surface area contributed by atoms with Crippen molar-refractivity contribution in [3.63, 3.8) is 0 Å². The van der Waals surface area contributed by atoms with Crippen molar-refractivity contribution in [1.29, 1.82) is 0 Å². The zero-order valence-corrected chi connectivity index (χ0v) is 8.85. The third-order valence-corrected chi connectivity index (χ3v) is 3.68. The number of hydrogen-bond acceptors (Lipinski definition) is 3. The molecule has 2 rings (SSSR count). The minimum absolute atomic E-state index is 0.0689. The van der Waals surface area contributed by atoms with E-state index in [1.807, 2.05) is 0 Å². The second kappa shape index (κ2) is 4.49. The monoisotopic (exact) mass is 213 g/mol. The molecule has 3 atom stereocenters. The van der Waals surface area contributed by atoms with Crippen LogP contribution >= 0.6 is 0 Å². The smallest absolute Gasteiger partial charge is 0.223 e. The molecule has 0 radical (unpaired) electrons. The number of aliphatic hydroxyl groups is 2. The number of nitrogens with one attached hydrogen (secondary N) is 1. The van der Waals surface area contributed by atoms with Crippen LogP contribution in [-0.2, 0) is 4.79 Å². The Balaban J connectivity index is 1.73. The van der Waals surface area contributed by atoms with Crippen molar-refractivity contribution < 1.29 is 15.0 Å². The van der Waals surface area contributed by atoms with Gasteiger partial charge in [-0.2, -0.15) is 0 Å². The van der Waals surface area contributed by atoms with Gasteiger partial charge in [0.1, 0.15) is 0 Å². The highest BCUT2D eigenvalue weighted by atomic mass is 16.3. The summed E-state index contributed by atoms with van der Waals surface area (Å²) in [6, 6.07) is 0. The number of hydrogen-bond donors (Lipinski definition) is 3. The molecule has 2 aliphatic carbocycles. The molecule has 15 heavy (non-hydrogen) atoms. The summed E-state index contributed by atoms with van der Waals surface area (Å²) in [5, 5.41) is 20.4. The van der Waals surface area contributed by atoms with E-state index in [9.17, 15) is 4.79 Å². The van der Waals surface area contributed by atoms with E-state index in [0.717, 1.165) is 0 Å². The van der Waals surface area contributed by atoms with Crippen LogP contribution in [0.2, 0.25) is 0 Å². The SMILES string of the molecule is O=C(NCC(O)CO)C1C2CCCCC21. The summed E-state index contributed by atoms with van der Waals surface area (Å²) in [6.45, 7) is -0.122. The lowest BCUT2D eigenvalue weighted by atomic mass is 10.0. The van der Waals surface area contributed by atoms with E-state index < -0.39 is 6.10 Å². The highest BCUT2D eigenvalue weighted by Gasteiger charge is 2.54. The molecular formula is C11H19NO3. The Labute approximate surface area is 89.7 Å². The van der Waals surface area contributed by atoms with Crippen LogP contribution in [0.25, 0.3) is 0 Å². The van der Waals surface area contributed by atoms with Crippen LogP contribution in [0.15, 0.2) is 0 Å². The van der Waals surface area contributed by atoms with Crippen LogP contribution in [0.1, 0.15) is 25.7 Å². The number of rotatable bonds is 4. The predicted octanol–water partition coefficient (Wildman–Crippen LogP) is -0.108. The van der Waals surface area contributed by atoms with E-state index in [0.29, 0.717) is 11.8 Å². The molecule has 0 aromatic heterocycles. The quantitative estimate of drug-likeness (QED) is 0.610. The van der Waals surface area contributed by atoms with E-state index in [-0.39, 0.29) is 25.0 Å². The number of fused-ring (bicyclic) bond motifs is 1. The van der Waals surface area contributed by atoms with E-state index in [1.165, 1.54) is 25.7 Å². The van der Waals surface area contributed by atoms with Crippen molar-refractivity contribution in [3.8, 4) is 0 Å². The normalized spacial score (nSPS) is 35.5. The van der Waals surface area contributed by atoms with Gasteiger partial charge in [-0.25, -0.2) is 0 Å². The second-order valence-corrected chi connectivity index (χ2v) is 4.72. The molecule has 0 spiro atoms. The minimum Gasteiger partial charge on any atom is -0.394 e. The summed E-state index contributed by atoms with van der Waals surface area (Å²) in [4.78, 5) is 11.7. The second-order valence-electron chi connectivity index (χ2n) is 4.72. The van der Waals surface area contributed by atoms with E-state index >= 15 is 0 Å². The van der Waals surface area contributed by atoms with Gasteiger partial charge in [-0.05, 0) is 24.7 Å². The lowest BCUT2D eigenvalue weighted by Crippen LogP contribution is -2.35. The largest absolute Gasteiger partial charge is 0.394 e. The first-order valence-electron chi connectivity index (χ1n) is 5.80. The number of carbonyl (C=O) groups excluding carboxylic acids is 1. The third kappa shape index (κ3) is 2.32. The Morgan fingerprint density at radius 2 is 1.93 bits per heavy atom. The van der Waals surface area contributed by atoms with Crippen molar-refractivity contribution in [2.75, 3.05) is 13.2 Å². The van der Waals surface area contributed by atoms with Crippen molar-refractivity contribution in [3.05, 3.63) is 0 Å². The third-order valence-electron chi connectivity index (χ3n) is 3.68. The summed E-state index contributed by atoms with van der Waals surface area (Å²) in [7, 11) is 0. The fourth-order valence-electron chi connectivity index (χ4n) is 2.78. The standard InChI is InChI=1S/C11H19NO3/c13-6-7(14)5-12-11(15)10-8-3-1-2-4-9(8)10/h7-10,13-14H,1-6H2,(H,12,15). The van der Waals surface area contributed by atoms with Crippen LogP contribution in [0, 0.1) is 17.8 Å². The van der Waals surface area contributed by atoms with Gasteiger partial charge in [0, 0.05) is 12.5 Å². The van der Waals surface area contributed by atoms with Gasteiger partial charge >= 0.3 is 0 Å². The van der Waals surface area contributed by atoms with Gasteiger partial charge in [0.2, 0.25) is 5.91 Å². The molecule has 4 heteroatoms. The maximum absolute atomic E-state index is 11.7. The lowest BCUT2D eigenvalue weighted by Gasteiger charge is -2.08.